The topological polar surface area (TPSA) is 91.4 Å². The number of benzene rings is 1. The van der Waals surface area contributed by atoms with E-state index in [-0.39, 0.29) is 25.3 Å². The lowest BCUT2D eigenvalue weighted by molar-refractivity contribution is 0.0128. The Morgan fingerprint density at radius 3 is 2.58 bits per heavy atom. The number of hydrogen-bond donors (Lipinski definition) is 3. The molecule has 24 heavy (non-hydrogen) atoms. The summed E-state index contributed by atoms with van der Waals surface area (Å²) in [6, 6.07) is 2.86. The Morgan fingerprint density at radius 1 is 1.29 bits per heavy atom. The Balaban J connectivity index is 2.42. The van der Waals surface area contributed by atoms with Gasteiger partial charge in [0.05, 0.1) is 25.0 Å². The normalized spacial score (nSPS) is 15.5. The second-order valence-corrected chi connectivity index (χ2v) is 7.05. The molecule has 0 aliphatic carbocycles. The maximum absolute atomic E-state index is 14.3. The second-order valence-electron chi connectivity index (χ2n) is 5.41. The average Bonchev–Trinajstić information content (AvgIpc) is 3.07. The van der Waals surface area contributed by atoms with E-state index in [1.165, 1.54) is 17.3 Å². The molecule has 0 saturated carbocycles. The van der Waals surface area contributed by atoms with Crippen LogP contribution in [0.2, 0.25) is 0 Å². The van der Waals surface area contributed by atoms with E-state index in [0.29, 0.717) is 0 Å². The third-order valence-corrected chi connectivity index (χ3v) is 5.22. The van der Waals surface area contributed by atoms with Gasteiger partial charge in [-0.3, -0.25) is 0 Å². The molecule has 1 aromatic carbocycles. The minimum absolute atomic E-state index is 0.162. The van der Waals surface area contributed by atoms with Crippen molar-refractivity contribution in [3.63, 3.8) is 0 Å². The lowest BCUT2D eigenvalue weighted by Gasteiger charge is -2.35. The van der Waals surface area contributed by atoms with Crippen molar-refractivity contribution in [2.24, 2.45) is 0 Å². The molecule has 0 bridgehead atoms. The molecule has 1 aromatic heterocycles. The third-order valence-electron chi connectivity index (χ3n) is 3.74. The molecule has 0 radical (unpaired) electrons. The molecule has 1 heterocycles. The molecule has 0 spiro atoms. The van der Waals surface area contributed by atoms with Crippen LogP contribution in [0.15, 0.2) is 30.9 Å². The highest BCUT2D eigenvalue weighted by Crippen LogP contribution is 2.37. The molecule has 0 saturated heterocycles. The molecular weight excluding hydrogens is 340 g/mol. The van der Waals surface area contributed by atoms with Crippen LogP contribution < -0.4 is 0 Å². The first kappa shape index (κ1) is 18.8. The predicted octanol–water partition coefficient (Wildman–Crippen LogP) is 0.919. The van der Waals surface area contributed by atoms with Crippen LogP contribution >= 0.6 is 11.8 Å². The van der Waals surface area contributed by atoms with E-state index in [9.17, 15) is 24.1 Å². The van der Waals surface area contributed by atoms with Gasteiger partial charge in [0.15, 0.2) is 0 Å². The second kappa shape index (κ2) is 8.02. The fraction of sp³-hybridized carbons (Fsp3) is 0.467. The number of thioether (sulfide) groups is 1. The Bertz CT molecular complexity index is 655. The number of nitrogens with zero attached hydrogens (tertiary/aromatic N) is 3. The Morgan fingerprint density at radius 2 is 2.00 bits per heavy atom. The van der Waals surface area contributed by atoms with Crippen LogP contribution in [0, 0.1) is 11.6 Å². The van der Waals surface area contributed by atoms with Gasteiger partial charge >= 0.3 is 0 Å². The average molecular weight is 359 g/mol. The van der Waals surface area contributed by atoms with Crippen molar-refractivity contribution in [3.05, 3.63) is 48.1 Å². The first-order valence-electron chi connectivity index (χ1n) is 7.28. The summed E-state index contributed by atoms with van der Waals surface area (Å²) in [6.45, 7) is 0.836. The van der Waals surface area contributed by atoms with Gasteiger partial charge in [-0.05, 0) is 18.2 Å². The lowest BCUT2D eigenvalue weighted by Crippen LogP contribution is -2.42. The maximum atomic E-state index is 14.3. The number of hydrogen-bond acceptors (Lipinski definition) is 6. The first-order valence-corrected chi connectivity index (χ1v) is 8.22. The third kappa shape index (κ3) is 4.10. The van der Waals surface area contributed by atoms with Crippen LogP contribution in [-0.2, 0) is 12.1 Å². The Hall–Kier alpha value is -1.55. The van der Waals surface area contributed by atoms with Gasteiger partial charge in [-0.2, -0.15) is 5.10 Å². The van der Waals surface area contributed by atoms with Gasteiger partial charge in [0.2, 0.25) is 0 Å². The summed E-state index contributed by atoms with van der Waals surface area (Å²) in [4.78, 5) is 3.78. The summed E-state index contributed by atoms with van der Waals surface area (Å²) >= 11 is 1.08. The summed E-state index contributed by atoms with van der Waals surface area (Å²) in [5, 5.41) is 32.3. The first-order chi connectivity index (χ1) is 11.4. The zero-order valence-corrected chi connectivity index (χ0v) is 13.8. The van der Waals surface area contributed by atoms with Gasteiger partial charge in [0.1, 0.15) is 29.9 Å². The molecule has 0 unspecified atom stereocenters. The van der Waals surface area contributed by atoms with Crippen molar-refractivity contribution in [3.8, 4) is 0 Å². The number of aliphatic hydroxyl groups is 3. The van der Waals surface area contributed by atoms with Crippen molar-refractivity contribution in [2.45, 2.75) is 29.6 Å². The molecule has 6 nitrogen and oxygen atoms in total. The van der Waals surface area contributed by atoms with Crippen LogP contribution in [0.25, 0.3) is 0 Å². The van der Waals surface area contributed by atoms with Crippen LogP contribution in [0.1, 0.15) is 12.5 Å². The quantitative estimate of drug-likeness (QED) is 0.649. The zero-order chi connectivity index (χ0) is 17.7. The summed E-state index contributed by atoms with van der Waals surface area (Å²) in [7, 11) is 0. The molecule has 132 valence electrons. The van der Waals surface area contributed by atoms with E-state index >= 15 is 0 Å². The van der Waals surface area contributed by atoms with Gasteiger partial charge in [0.25, 0.3) is 0 Å². The summed E-state index contributed by atoms with van der Waals surface area (Å²) < 4.78 is 29.2. The van der Waals surface area contributed by atoms with Crippen molar-refractivity contribution in [2.75, 3.05) is 13.2 Å². The molecule has 2 rings (SSSR count). The van der Waals surface area contributed by atoms with Crippen LogP contribution in [0.5, 0.6) is 0 Å². The zero-order valence-electron chi connectivity index (χ0n) is 13.0. The smallest absolute Gasteiger partial charge is 0.137 e. The fourth-order valence-electron chi connectivity index (χ4n) is 2.37. The standard InChI is InChI=1S/C15H19F2N3O3S/c1-10(24-12(5-21)6-22)15(23,7-20-9-18-8-19-20)13-4-11(16)2-3-14(13)17/h2-4,8-10,12,21-23H,5-7H2,1H3/t10-,15-/m1/s1. The molecule has 2 aromatic rings. The van der Waals surface area contributed by atoms with Crippen molar-refractivity contribution < 1.29 is 24.1 Å². The number of aliphatic hydroxyl groups excluding tert-OH is 2. The van der Waals surface area contributed by atoms with E-state index in [1.807, 2.05) is 0 Å². The van der Waals surface area contributed by atoms with Crippen molar-refractivity contribution in [1.82, 2.24) is 14.8 Å². The molecule has 9 heteroatoms. The largest absolute Gasteiger partial charge is 0.395 e. The van der Waals surface area contributed by atoms with Crippen molar-refractivity contribution in [1.29, 1.82) is 0 Å². The number of rotatable bonds is 8. The summed E-state index contributed by atoms with van der Waals surface area (Å²) in [6.07, 6.45) is 2.62. The fourth-order valence-corrected chi connectivity index (χ4v) is 3.54. The van der Waals surface area contributed by atoms with Crippen LogP contribution in [-0.4, -0.2) is 53.8 Å². The maximum Gasteiger partial charge on any atom is 0.137 e. The van der Waals surface area contributed by atoms with E-state index in [4.69, 9.17) is 0 Å². The summed E-state index contributed by atoms with van der Waals surface area (Å²) in [5.74, 6) is -1.43. The highest BCUT2D eigenvalue weighted by molar-refractivity contribution is 8.00. The number of halogens is 2. The van der Waals surface area contributed by atoms with Gasteiger partial charge in [0, 0.05) is 10.8 Å². The van der Waals surface area contributed by atoms with Crippen molar-refractivity contribution >= 4 is 11.8 Å². The minimum Gasteiger partial charge on any atom is -0.395 e. The molecular formula is C15H19F2N3O3S. The van der Waals surface area contributed by atoms with Gasteiger partial charge in [-0.1, -0.05) is 6.92 Å². The summed E-state index contributed by atoms with van der Waals surface area (Å²) in [5.41, 5.74) is -2.04. The number of aromatic nitrogens is 3. The molecule has 0 aliphatic heterocycles. The Kier molecular flexibility index (Phi) is 6.27. The highest BCUT2D eigenvalue weighted by Gasteiger charge is 2.40. The van der Waals surface area contributed by atoms with Crippen LogP contribution in [0.4, 0.5) is 8.78 Å². The highest BCUT2D eigenvalue weighted by atomic mass is 32.2. The van der Waals surface area contributed by atoms with E-state index < -0.39 is 27.7 Å². The van der Waals surface area contributed by atoms with E-state index in [0.717, 1.165) is 30.0 Å². The van der Waals surface area contributed by atoms with Gasteiger partial charge in [-0.25, -0.2) is 18.4 Å². The molecule has 2 atom stereocenters. The SMILES string of the molecule is C[C@@H](SC(CO)CO)[C@](O)(Cn1cncn1)c1cc(F)ccc1F. The van der Waals surface area contributed by atoms with Gasteiger partial charge in [-0.15, -0.1) is 11.8 Å². The van der Waals surface area contributed by atoms with E-state index in [2.05, 4.69) is 10.1 Å². The van der Waals surface area contributed by atoms with E-state index in [1.54, 1.807) is 6.92 Å². The predicted molar refractivity (Wildman–Crippen MR) is 85.3 cm³/mol. The molecule has 3 N–H and O–H groups in total. The lowest BCUT2D eigenvalue weighted by atomic mass is 9.90. The van der Waals surface area contributed by atoms with Crippen LogP contribution in [0.3, 0.4) is 0 Å². The Labute approximate surface area is 142 Å². The minimum atomic E-state index is -1.83. The molecule has 0 amide bonds. The monoisotopic (exact) mass is 359 g/mol. The molecule has 0 fully saturated rings. The molecule has 0 aliphatic rings. The van der Waals surface area contributed by atoms with Gasteiger partial charge < -0.3 is 15.3 Å².